The summed E-state index contributed by atoms with van der Waals surface area (Å²) >= 11 is 0. The van der Waals surface area contributed by atoms with Crippen molar-refractivity contribution in [2.24, 2.45) is 0 Å². The van der Waals surface area contributed by atoms with Gasteiger partial charge in [-0.2, -0.15) is 0 Å². The zero-order valence-corrected chi connectivity index (χ0v) is 11.5. The molecule has 0 aliphatic carbocycles. The van der Waals surface area contributed by atoms with Crippen molar-refractivity contribution in [3.05, 3.63) is 59.2 Å². The molecular formula is C16H21NO. The fourth-order valence-electron chi connectivity index (χ4n) is 1.82. The van der Waals surface area contributed by atoms with Crippen LogP contribution in [0.15, 0.2) is 42.5 Å². The van der Waals surface area contributed by atoms with E-state index in [1.54, 1.807) is 12.2 Å². The highest BCUT2D eigenvalue weighted by Gasteiger charge is 2.09. The highest BCUT2D eigenvalue weighted by Crippen LogP contribution is 2.18. The molecular weight excluding hydrogens is 222 g/mol. The Balaban J connectivity index is 2.73. The van der Waals surface area contributed by atoms with E-state index >= 15 is 0 Å². The van der Waals surface area contributed by atoms with Crippen molar-refractivity contribution < 1.29 is 4.79 Å². The molecule has 96 valence electrons. The second-order valence-electron chi connectivity index (χ2n) is 4.48. The van der Waals surface area contributed by atoms with Crippen molar-refractivity contribution in [1.29, 1.82) is 0 Å². The number of hydrogen-bond donors (Lipinski definition) is 1. The molecule has 1 atom stereocenters. The molecule has 2 heteroatoms. The molecule has 2 nitrogen and oxygen atoms in total. The molecule has 0 aliphatic heterocycles. The number of hydrogen-bond acceptors (Lipinski definition) is 1. The summed E-state index contributed by atoms with van der Waals surface area (Å²) in [5.41, 5.74) is 3.58. The van der Waals surface area contributed by atoms with Crippen LogP contribution in [-0.2, 0) is 4.79 Å². The Labute approximate surface area is 109 Å². The molecule has 0 saturated heterocycles. The van der Waals surface area contributed by atoms with Crippen LogP contribution in [0.5, 0.6) is 0 Å². The van der Waals surface area contributed by atoms with Gasteiger partial charge in [-0.15, -0.1) is 0 Å². The van der Waals surface area contributed by atoms with Gasteiger partial charge in [-0.25, -0.2) is 0 Å². The zero-order valence-electron chi connectivity index (χ0n) is 11.5. The van der Waals surface area contributed by atoms with Gasteiger partial charge in [0.1, 0.15) is 0 Å². The largest absolute Gasteiger partial charge is 0.346 e. The van der Waals surface area contributed by atoms with Gasteiger partial charge in [0.2, 0.25) is 5.91 Å². The Morgan fingerprint density at radius 2 is 2.00 bits per heavy atom. The first kappa shape index (κ1) is 14.2. The topological polar surface area (TPSA) is 29.1 Å². The lowest BCUT2D eigenvalue weighted by molar-refractivity contribution is -0.117. The summed E-state index contributed by atoms with van der Waals surface area (Å²) in [5, 5.41) is 2.96. The third-order valence-corrected chi connectivity index (χ3v) is 2.81. The standard InChI is InChI=1S/C16H21NO/c1-5-6-7-8-16(18)17-14(4)15-11-12(2)9-10-13(15)3/h5-11,14H,1-4H3,(H,17,18)/b6-5+,8-7-/t14-/m1/s1. The molecule has 0 aliphatic rings. The number of carbonyl (C=O) groups excluding carboxylic acids is 1. The summed E-state index contributed by atoms with van der Waals surface area (Å²) in [5.74, 6) is -0.0680. The quantitative estimate of drug-likeness (QED) is 0.635. The minimum absolute atomic E-state index is 0.0210. The van der Waals surface area contributed by atoms with E-state index in [2.05, 4.69) is 37.4 Å². The molecule has 18 heavy (non-hydrogen) atoms. The average Bonchev–Trinajstić information content (AvgIpc) is 2.32. The van der Waals surface area contributed by atoms with Crippen LogP contribution >= 0.6 is 0 Å². The molecule has 0 fully saturated rings. The molecule has 0 bridgehead atoms. The van der Waals surface area contributed by atoms with Crippen molar-refractivity contribution in [1.82, 2.24) is 5.32 Å². The first-order chi connectivity index (χ1) is 8.54. The molecule has 1 aromatic rings. The van der Waals surface area contributed by atoms with Gasteiger partial charge < -0.3 is 5.32 Å². The highest BCUT2D eigenvalue weighted by atomic mass is 16.1. The normalized spacial score (nSPS) is 13.1. The van der Waals surface area contributed by atoms with Gasteiger partial charge in [-0.05, 0) is 38.8 Å². The van der Waals surface area contributed by atoms with Crippen LogP contribution < -0.4 is 5.32 Å². The average molecular weight is 243 g/mol. The van der Waals surface area contributed by atoms with Crippen molar-refractivity contribution in [3.8, 4) is 0 Å². The lowest BCUT2D eigenvalue weighted by Crippen LogP contribution is -2.25. The summed E-state index contributed by atoms with van der Waals surface area (Å²) in [6.45, 7) is 8.04. The summed E-state index contributed by atoms with van der Waals surface area (Å²) < 4.78 is 0. The molecule has 0 aromatic heterocycles. The minimum atomic E-state index is -0.0680. The van der Waals surface area contributed by atoms with Crippen LogP contribution in [0.3, 0.4) is 0 Å². The van der Waals surface area contributed by atoms with E-state index in [-0.39, 0.29) is 11.9 Å². The van der Waals surface area contributed by atoms with Crippen molar-refractivity contribution >= 4 is 5.91 Å². The Hall–Kier alpha value is -1.83. The molecule has 0 unspecified atom stereocenters. The number of nitrogens with one attached hydrogen (secondary N) is 1. The number of aryl methyl sites for hydroxylation is 2. The molecule has 1 amide bonds. The van der Waals surface area contributed by atoms with Crippen molar-refractivity contribution in [2.45, 2.75) is 33.7 Å². The number of carbonyl (C=O) groups is 1. The minimum Gasteiger partial charge on any atom is -0.346 e. The van der Waals surface area contributed by atoms with E-state index in [0.717, 1.165) is 0 Å². The van der Waals surface area contributed by atoms with Gasteiger partial charge >= 0.3 is 0 Å². The molecule has 1 rings (SSSR count). The van der Waals surface area contributed by atoms with Gasteiger partial charge in [-0.1, -0.05) is 42.0 Å². The lowest BCUT2D eigenvalue weighted by atomic mass is 10.00. The third kappa shape index (κ3) is 4.21. The van der Waals surface area contributed by atoms with Crippen molar-refractivity contribution in [2.75, 3.05) is 0 Å². The van der Waals surface area contributed by atoms with Crippen LogP contribution in [0.1, 0.15) is 36.6 Å². The van der Waals surface area contributed by atoms with Gasteiger partial charge in [0.05, 0.1) is 6.04 Å². The fraction of sp³-hybridized carbons (Fsp3) is 0.312. The van der Waals surface area contributed by atoms with Gasteiger partial charge in [0.25, 0.3) is 0 Å². The van der Waals surface area contributed by atoms with E-state index < -0.39 is 0 Å². The molecule has 1 aromatic carbocycles. The maximum absolute atomic E-state index is 11.7. The molecule has 1 N–H and O–H groups in total. The molecule has 0 saturated carbocycles. The van der Waals surface area contributed by atoms with E-state index in [1.165, 1.54) is 16.7 Å². The van der Waals surface area contributed by atoms with E-state index in [1.807, 2.05) is 26.0 Å². The second kappa shape index (κ2) is 6.80. The van der Waals surface area contributed by atoms with Crippen LogP contribution in [0.25, 0.3) is 0 Å². The van der Waals surface area contributed by atoms with E-state index in [4.69, 9.17) is 0 Å². The number of rotatable bonds is 4. The Kier molecular flexibility index (Phi) is 5.37. The maximum atomic E-state index is 11.7. The van der Waals surface area contributed by atoms with Gasteiger partial charge in [0, 0.05) is 6.08 Å². The first-order valence-corrected chi connectivity index (χ1v) is 6.21. The fourth-order valence-corrected chi connectivity index (χ4v) is 1.82. The van der Waals surface area contributed by atoms with E-state index in [9.17, 15) is 4.79 Å². The first-order valence-electron chi connectivity index (χ1n) is 6.21. The summed E-state index contributed by atoms with van der Waals surface area (Å²) in [6, 6.07) is 6.31. The van der Waals surface area contributed by atoms with Crippen LogP contribution in [0.4, 0.5) is 0 Å². The predicted octanol–water partition coefficient (Wildman–Crippen LogP) is 3.61. The van der Waals surface area contributed by atoms with Crippen molar-refractivity contribution in [3.63, 3.8) is 0 Å². The molecule has 0 spiro atoms. The summed E-state index contributed by atoms with van der Waals surface area (Å²) in [7, 11) is 0. The smallest absolute Gasteiger partial charge is 0.244 e. The Morgan fingerprint density at radius 3 is 2.67 bits per heavy atom. The predicted molar refractivity (Wildman–Crippen MR) is 76.4 cm³/mol. The third-order valence-electron chi connectivity index (χ3n) is 2.81. The zero-order chi connectivity index (χ0) is 13.5. The molecule has 0 heterocycles. The maximum Gasteiger partial charge on any atom is 0.244 e. The van der Waals surface area contributed by atoms with E-state index in [0.29, 0.717) is 0 Å². The lowest BCUT2D eigenvalue weighted by Gasteiger charge is -2.16. The van der Waals surface area contributed by atoms with Gasteiger partial charge in [-0.3, -0.25) is 4.79 Å². The summed E-state index contributed by atoms with van der Waals surface area (Å²) in [6.07, 6.45) is 7.01. The number of allylic oxidation sites excluding steroid dienone is 3. The van der Waals surface area contributed by atoms with Crippen LogP contribution in [0.2, 0.25) is 0 Å². The number of benzene rings is 1. The SMILES string of the molecule is C/C=C/C=C\C(=O)N[C@H](C)c1cc(C)ccc1C. The second-order valence-corrected chi connectivity index (χ2v) is 4.48. The highest BCUT2D eigenvalue weighted by molar-refractivity contribution is 5.88. The van der Waals surface area contributed by atoms with Crippen LogP contribution in [0, 0.1) is 13.8 Å². The molecule has 0 radical (unpaired) electrons. The summed E-state index contributed by atoms with van der Waals surface area (Å²) in [4.78, 5) is 11.7. The Morgan fingerprint density at radius 1 is 1.28 bits per heavy atom. The van der Waals surface area contributed by atoms with Crippen LogP contribution in [-0.4, -0.2) is 5.91 Å². The monoisotopic (exact) mass is 243 g/mol. The van der Waals surface area contributed by atoms with Gasteiger partial charge in [0.15, 0.2) is 0 Å². The Bertz CT molecular complexity index is 472. The number of amides is 1.